The Hall–Kier alpha value is -2.75. The number of fused-ring (bicyclic) bond motifs is 1. The van der Waals surface area contributed by atoms with Crippen LogP contribution in [0.4, 0.5) is 0 Å². The van der Waals surface area contributed by atoms with Crippen LogP contribution in [0, 0.1) is 0 Å². The van der Waals surface area contributed by atoms with Gasteiger partial charge in [-0.05, 0) is 45.4 Å². The fourth-order valence-electron chi connectivity index (χ4n) is 5.60. The van der Waals surface area contributed by atoms with Gasteiger partial charge in [-0.1, -0.05) is 60.7 Å². The molecular formula is C29H33NO7. The second kappa shape index (κ2) is 9.22. The Labute approximate surface area is 217 Å². The first-order chi connectivity index (χ1) is 17.7. The first-order valence-electron chi connectivity index (χ1n) is 12.8. The molecule has 0 unspecified atom stereocenters. The fraction of sp³-hybridized carbons (Fsp3) is 0.483. The monoisotopic (exact) mass is 507 g/mol. The largest absolute Gasteiger partial charge is 0.478 e. The van der Waals surface area contributed by atoms with Crippen molar-refractivity contribution in [2.24, 2.45) is 0 Å². The highest BCUT2D eigenvalue weighted by molar-refractivity contribution is 5.90. The summed E-state index contributed by atoms with van der Waals surface area (Å²) < 4.78 is 36.9. The van der Waals surface area contributed by atoms with Crippen molar-refractivity contribution in [2.75, 3.05) is 6.61 Å². The molecule has 196 valence electrons. The molecule has 37 heavy (non-hydrogen) atoms. The average Bonchev–Trinajstić information content (AvgIpc) is 3.50. The molecule has 0 saturated carbocycles. The normalized spacial score (nSPS) is 36.1. The number of hydrogen-bond donors (Lipinski definition) is 0. The zero-order valence-corrected chi connectivity index (χ0v) is 21.5. The molecule has 0 N–H and O–H groups in total. The van der Waals surface area contributed by atoms with Crippen molar-refractivity contribution in [2.45, 2.75) is 82.1 Å². The number of para-hydroxylation sites is 1. The molecule has 8 heteroatoms. The molecule has 4 heterocycles. The number of rotatable bonds is 6. The van der Waals surface area contributed by atoms with Gasteiger partial charge in [0, 0.05) is 0 Å². The third-order valence-electron chi connectivity index (χ3n) is 7.19. The molecule has 4 saturated heterocycles. The van der Waals surface area contributed by atoms with E-state index >= 15 is 0 Å². The number of ether oxygens (including phenoxy) is 6. The molecule has 1 amide bonds. The lowest BCUT2D eigenvalue weighted by molar-refractivity contribution is -0.232. The SMILES string of the molecule is CC1(C)O[C@H]2O[C@@H]([C@H]3COC(C)(C)O3)[C@@H](N3C(=O)[C@H](Oc4ccccc4)[C@@H]3/C=C\c3ccccc3)[C@H]2O1. The highest BCUT2D eigenvalue weighted by Gasteiger charge is 2.65. The molecule has 4 fully saturated rings. The third kappa shape index (κ3) is 4.69. The van der Waals surface area contributed by atoms with Gasteiger partial charge in [-0.2, -0.15) is 0 Å². The standard InChI is InChI=1S/C29H33NO7/c1-28(2)32-17-21(35-28)24-22(25-27(34-24)37-29(3,4)36-25)30-20(16-15-18-11-7-5-8-12-18)23(26(30)31)33-19-13-9-6-10-14-19/h5-16,20-25,27H,17H2,1-4H3/b16-15-/t20-,21+,22+,23+,24-,25+,27+/m0/s1. The topological polar surface area (TPSA) is 75.7 Å². The molecule has 4 aliphatic heterocycles. The predicted molar refractivity (Wildman–Crippen MR) is 134 cm³/mol. The number of carbonyl (C=O) groups is 1. The number of carbonyl (C=O) groups excluding carboxylic acids is 1. The molecule has 0 radical (unpaired) electrons. The van der Waals surface area contributed by atoms with Crippen molar-refractivity contribution in [3.05, 3.63) is 72.3 Å². The van der Waals surface area contributed by atoms with Gasteiger partial charge >= 0.3 is 0 Å². The van der Waals surface area contributed by atoms with Crippen molar-refractivity contribution < 1.29 is 33.2 Å². The van der Waals surface area contributed by atoms with E-state index in [2.05, 4.69) is 0 Å². The number of nitrogens with zero attached hydrogens (tertiary/aromatic N) is 1. The number of hydrogen-bond acceptors (Lipinski definition) is 7. The van der Waals surface area contributed by atoms with Crippen molar-refractivity contribution in [1.29, 1.82) is 0 Å². The van der Waals surface area contributed by atoms with E-state index in [0.29, 0.717) is 12.4 Å². The fourth-order valence-corrected chi connectivity index (χ4v) is 5.60. The van der Waals surface area contributed by atoms with E-state index in [1.165, 1.54) is 0 Å². The van der Waals surface area contributed by atoms with Crippen LogP contribution in [-0.4, -0.2) is 71.8 Å². The number of β-lactam (4-membered cyclic amide) rings is 1. The van der Waals surface area contributed by atoms with Crippen LogP contribution < -0.4 is 4.74 Å². The molecule has 0 aromatic heterocycles. The first-order valence-corrected chi connectivity index (χ1v) is 12.8. The van der Waals surface area contributed by atoms with Crippen LogP contribution >= 0.6 is 0 Å². The Kier molecular flexibility index (Phi) is 6.12. The number of likely N-dealkylation sites (tertiary alicyclic amines) is 1. The van der Waals surface area contributed by atoms with Crippen molar-refractivity contribution >= 4 is 12.0 Å². The maximum Gasteiger partial charge on any atom is 0.267 e. The van der Waals surface area contributed by atoms with Gasteiger partial charge in [-0.15, -0.1) is 0 Å². The van der Waals surface area contributed by atoms with Crippen LogP contribution in [0.15, 0.2) is 66.7 Å². The van der Waals surface area contributed by atoms with E-state index in [-0.39, 0.29) is 18.1 Å². The zero-order chi connectivity index (χ0) is 25.8. The second-order valence-electron chi connectivity index (χ2n) is 10.8. The van der Waals surface area contributed by atoms with E-state index in [1.807, 2.05) is 105 Å². The summed E-state index contributed by atoms with van der Waals surface area (Å²) in [6, 6.07) is 18.6. The molecule has 7 atom stereocenters. The molecule has 8 nitrogen and oxygen atoms in total. The van der Waals surface area contributed by atoms with E-state index < -0.39 is 42.2 Å². The Morgan fingerprint density at radius 2 is 1.59 bits per heavy atom. The van der Waals surface area contributed by atoms with Gasteiger partial charge < -0.3 is 33.3 Å². The van der Waals surface area contributed by atoms with Crippen molar-refractivity contribution in [1.82, 2.24) is 4.90 Å². The summed E-state index contributed by atoms with van der Waals surface area (Å²) in [6.07, 6.45) is 1.42. The first kappa shape index (κ1) is 24.6. The Bertz CT molecular complexity index is 1150. The summed E-state index contributed by atoms with van der Waals surface area (Å²) >= 11 is 0. The van der Waals surface area contributed by atoms with Crippen LogP contribution in [0.1, 0.15) is 33.3 Å². The maximum absolute atomic E-state index is 13.8. The van der Waals surface area contributed by atoms with Crippen LogP contribution in [0.3, 0.4) is 0 Å². The van der Waals surface area contributed by atoms with Gasteiger partial charge in [0.15, 0.2) is 17.9 Å². The third-order valence-corrected chi connectivity index (χ3v) is 7.19. The minimum Gasteiger partial charge on any atom is -0.478 e. The Balaban J connectivity index is 1.33. The summed E-state index contributed by atoms with van der Waals surface area (Å²) in [5.41, 5.74) is 1.04. The quantitative estimate of drug-likeness (QED) is 0.551. The Morgan fingerprint density at radius 3 is 2.27 bits per heavy atom. The average molecular weight is 508 g/mol. The summed E-state index contributed by atoms with van der Waals surface area (Å²) in [4.78, 5) is 15.6. The molecule has 0 spiro atoms. The number of benzene rings is 2. The lowest BCUT2D eigenvalue weighted by Crippen LogP contribution is -2.72. The van der Waals surface area contributed by atoms with E-state index in [1.54, 1.807) is 0 Å². The van der Waals surface area contributed by atoms with Crippen LogP contribution in [0.2, 0.25) is 0 Å². The molecule has 6 rings (SSSR count). The van der Waals surface area contributed by atoms with Gasteiger partial charge in [0.25, 0.3) is 5.91 Å². The predicted octanol–water partition coefficient (Wildman–Crippen LogP) is 3.75. The maximum atomic E-state index is 13.8. The summed E-state index contributed by atoms with van der Waals surface area (Å²) in [7, 11) is 0. The molecule has 4 aliphatic rings. The van der Waals surface area contributed by atoms with E-state index in [9.17, 15) is 4.79 Å². The molecule has 0 aliphatic carbocycles. The zero-order valence-electron chi connectivity index (χ0n) is 21.5. The number of amides is 1. The summed E-state index contributed by atoms with van der Waals surface area (Å²) in [5, 5.41) is 0. The summed E-state index contributed by atoms with van der Waals surface area (Å²) in [6.45, 7) is 7.80. The second-order valence-corrected chi connectivity index (χ2v) is 10.8. The lowest BCUT2D eigenvalue weighted by Gasteiger charge is -2.50. The van der Waals surface area contributed by atoms with Crippen LogP contribution in [-0.2, 0) is 28.5 Å². The lowest BCUT2D eigenvalue weighted by atomic mass is 9.89. The highest BCUT2D eigenvalue weighted by atomic mass is 16.8. The van der Waals surface area contributed by atoms with Crippen molar-refractivity contribution in [3.63, 3.8) is 0 Å². The van der Waals surface area contributed by atoms with Gasteiger partial charge in [-0.3, -0.25) is 4.79 Å². The van der Waals surface area contributed by atoms with Gasteiger partial charge in [0.2, 0.25) is 6.10 Å². The van der Waals surface area contributed by atoms with Crippen LogP contribution in [0.5, 0.6) is 5.75 Å². The minimum absolute atomic E-state index is 0.128. The van der Waals surface area contributed by atoms with Gasteiger partial charge in [0.1, 0.15) is 24.1 Å². The van der Waals surface area contributed by atoms with Crippen molar-refractivity contribution in [3.8, 4) is 5.75 Å². The minimum atomic E-state index is -0.825. The van der Waals surface area contributed by atoms with Gasteiger partial charge in [-0.25, -0.2) is 0 Å². The molecule has 2 aromatic carbocycles. The molecular weight excluding hydrogens is 474 g/mol. The van der Waals surface area contributed by atoms with E-state index in [0.717, 1.165) is 5.56 Å². The smallest absolute Gasteiger partial charge is 0.267 e. The Morgan fingerprint density at radius 1 is 0.892 bits per heavy atom. The molecule has 0 bridgehead atoms. The molecule has 2 aromatic rings. The summed E-state index contributed by atoms with van der Waals surface area (Å²) in [5.74, 6) is -1.04. The highest BCUT2D eigenvalue weighted by Crippen LogP contribution is 2.45. The van der Waals surface area contributed by atoms with E-state index in [4.69, 9.17) is 28.4 Å². The van der Waals surface area contributed by atoms with Gasteiger partial charge in [0.05, 0.1) is 18.7 Å². The van der Waals surface area contributed by atoms with Crippen LogP contribution in [0.25, 0.3) is 6.08 Å².